The van der Waals surface area contributed by atoms with Crippen molar-refractivity contribution in [1.82, 2.24) is 9.79 Å². The smallest absolute Gasteiger partial charge is 0.266 e. The van der Waals surface area contributed by atoms with E-state index in [0.29, 0.717) is 5.75 Å². The topological polar surface area (TPSA) is 119 Å². The number of rotatable bonds is 6. The minimum atomic E-state index is -4.08. The van der Waals surface area contributed by atoms with Crippen molar-refractivity contribution in [3.63, 3.8) is 0 Å². The number of halogens is 1. The Morgan fingerprint density at radius 1 is 1.27 bits per heavy atom. The average molecular weight is 457 g/mol. The van der Waals surface area contributed by atoms with Crippen molar-refractivity contribution in [2.45, 2.75) is 29.7 Å². The number of carbonyl (C=O) groups is 1. The van der Waals surface area contributed by atoms with E-state index in [2.05, 4.69) is 0 Å². The van der Waals surface area contributed by atoms with Crippen molar-refractivity contribution in [1.29, 1.82) is 0 Å². The van der Waals surface area contributed by atoms with Gasteiger partial charge in [0.1, 0.15) is 29.2 Å². The fourth-order valence-corrected chi connectivity index (χ4v) is 6.31. The molecule has 1 fully saturated rings. The number of sulfonamides is 1. The van der Waals surface area contributed by atoms with Crippen LogP contribution in [0.15, 0.2) is 53.4 Å². The number of nitrogens with zero attached hydrogens (tertiary/aromatic N) is 1. The van der Waals surface area contributed by atoms with Gasteiger partial charge in [-0.1, -0.05) is 12.1 Å². The fourth-order valence-electron chi connectivity index (χ4n) is 3.15. The molecule has 2 aromatic carbocycles. The summed E-state index contributed by atoms with van der Waals surface area (Å²) in [6.45, 7) is 1.57. The van der Waals surface area contributed by atoms with E-state index in [9.17, 15) is 22.2 Å². The van der Waals surface area contributed by atoms with Gasteiger partial charge >= 0.3 is 0 Å². The first kappa shape index (κ1) is 22.5. The molecule has 3 rings (SSSR count). The maximum Gasteiger partial charge on any atom is 0.266 e. The first-order valence-electron chi connectivity index (χ1n) is 9.04. The molecule has 2 aromatic rings. The van der Waals surface area contributed by atoms with Crippen LogP contribution in [0.2, 0.25) is 0 Å². The molecule has 0 aromatic heterocycles. The predicted octanol–water partition coefficient (Wildman–Crippen LogP) is 1.42. The van der Waals surface area contributed by atoms with Crippen LogP contribution in [0.4, 0.5) is 4.39 Å². The van der Waals surface area contributed by atoms with Crippen molar-refractivity contribution in [3.05, 3.63) is 59.9 Å². The van der Waals surface area contributed by atoms with Crippen molar-refractivity contribution in [3.8, 4) is 5.75 Å². The first-order chi connectivity index (χ1) is 14.2. The molecule has 162 valence electrons. The second kappa shape index (κ2) is 9.31. The highest BCUT2D eigenvalue weighted by atomic mass is 32.2. The molecule has 30 heavy (non-hydrogen) atoms. The Bertz CT molecular complexity index is 985. The van der Waals surface area contributed by atoms with Crippen LogP contribution in [0.1, 0.15) is 12.5 Å². The van der Waals surface area contributed by atoms with Crippen molar-refractivity contribution < 1.29 is 32.1 Å². The van der Waals surface area contributed by atoms with E-state index >= 15 is 0 Å². The van der Waals surface area contributed by atoms with Gasteiger partial charge in [-0.3, -0.25) is 10.0 Å². The van der Waals surface area contributed by atoms with Gasteiger partial charge in [-0.15, -0.1) is 0 Å². The maximum absolute atomic E-state index is 13.1. The third-order valence-electron chi connectivity index (χ3n) is 4.81. The molecule has 1 heterocycles. The molecular formula is C19H21FN2O6S2. The molecule has 3 atom stereocenters. The summed E-state index contributed by atoms with van der Waals surface area (Å²) in [5.74, 6) is -0.777. The van der Waals surface area contributed by atoms with Crippen LogP contribution in [0.25, 0.3) is 0 Å². The predicted molar refractivity (Wildman–Crippen MR) is 107 cm³/mol. The number of nitrogens with one attached hydrogen (secondary N) is 1. The van der Waals surface area contributed by atoms with Crippen LogP contribution in [0.5, 0.6) is 5.75 Å². The lowest BCUT2D eigenvalue weighted by molar-refractivity contribution is -0.133. The lowest BCUT2D eigenvalue weighted by Gasteiger charge is -2.37. The number of ether oxygens (including phenoxy) is 1. The summed E-state index contributed by atoms with van der Waals surface area (Å²) in [6, 6.07) is 10.2. The number of amides is 1. The zero-order valence-corrected chi connectivity index (χ0v) is 17.7. The Labute approximate surface area is 176 Å². The maximum atomic E-state index is 13.1. The molecule has 11 heteroatoms. The van der Waals surface area contributed by atoms with E-state index in [1.54, 1.807) is 12.1 Å². The normalized spacial score (nSPS) is 22.5. The molecule has 1 saturated heterocycles. The van der Waals surface area contributed by atoms with Gasteiger partial charge in [0, 0.05) is 0 Å². The quantitative estimate of drug-likeness (QED) is 0.386. The van der Waals surface area contributed by atoms with Gasteiger partial charge in [0.25, 0.3) is 5.91 Å². The van der Waals surface area contributed by atoms with Crippen LogP contribution in [0.3, 0.4) is 0 Å². The average Bonchev–Trinajstić information content (AvgIpc) is 2.74. The Morgan fingerprint density at radius 2 is 1.90 bits per heavy atom. The van der Waals surface area contributed by atoms with Gasteiger partial charge in [-0.05, 0) is 60.1 Å². The Morgan fingerprint density at radius 3 is 2.50 bits per heavy atom. The van der Waals surface area contributed by atoms with E-state index in [0.717, 1.165) is 9.87 Å². The van der Waals surface area contributed by atoms with Gasteiger partial charge in [0.05, 0.1) is 11.4 Å². The van der Waals surface area contributed by atoms with Crippen LogP contribution in [-0.2, 0) is 32.6 Å². The Balaban J connectivity index is 1.76. The van der Waals surface area contributed by atoms with Crippen LogP contribution in [-0.4, -0.2) is 52.0 Å². The summed E-state index contributed by atoms with van der Waals surface area (Å²) < 4.78 is 57.7. The van der Waals surface area contributed by atoms with Gasteiger partial charge in [0.2, 0.25) is 10.0 Å². The van der Waals surface area contributed by atoms with Gasteiger partial charge in [-0.2, -0.15) is 4.31 Å². The van der Waals surface area contributed by atoms with Crippen molar-refractivity contribution >= 4 is 27.1 Å². The van der Waals surface area contributed by atoms with E-state index in [1.165, 1.54) is 48.8 Å². The van der Waals surface area contributed by atoms with E-state index in [-0.39, 0.29) is 29.6 Å². The number of hydrogen-bond acceptors (Lipinski definition) is 6. The highest BCUT2D eigenvalue weighted by Crippen LogP contribution is 2.28. The van der Waals surface area contributed by atoms with Crippen LogP contribution >= 0.6 is 0 Å². The molecule has 1 aliphatic heterocycles. The van der Waals surface area contributed by atoms with Crippen molar-refractivity contribution in [2.75, 3.05) is 12.3 Å². The second-order valence-electron chi connectivity index (χ2n) is 6.71. The number of benzene rings is 2. The van der Waals surface area contributed by atoms with E-state index < -0.39 is 38.4 Å². The molecular weight excluding hydrogens is 435 g/mol. The molecule has 0 saturated carbocycles. The van der Waals surface area contributed by atoms with Gasteiger partial charge in [0.15, 0.2) is 6.04 Å². The molecule has 1 aliphatic rings. The minimum Gasteiger partial charge on any atom is -0.616 e. The molecule has 0 spiro atoms. The second-order valence-corrected chi connectivity index (χ2v) is 10.5. The molecule has 0 aliphatic carbocycles. The summed E-state index contributed by atoms with van der Waals surface area (Å²) in [5, 5.41) is 8.21. The van der Waals surface area contributed by atoms with Gasteiger partial charge < -0.3 is 9.29 Å². The SMILES string of the molecule is CC1C(C(=O)NO)N(S(=O)(=O)c2ccc(OCc3ccc(F)cc3)cc2)CC[S+]1[O-]. The highest BCUT2D eigenvalue weighted by molar-refractivity contribution is 7.92. The monoisotopic (exact) mass is 456 g/mol. The molecule has 2 N–H and O–H groups in total. The zero-order valence-electron chi connectivity index (χ0n) is 16.0. The third-order valence-corrected chi connectivity index (χ3v) is 8.38. The van der Waals surface area contributed by atoms with Crippen LogP contribution in [0, 0.1) is 5.82 Å². The lowest BCUT2D eigenvalue weighted by Crippen LogP contribution is -2.61. The van der Waals surface area contributed by atoms with E-state index in [1.807, 2.05) is 0 Å². The highest BCUT2D eigenvalue weighted by Gasteiger charge is 2.47. The molecule has 8 nitrogen and oxygen atoms in total. The summed E-state index contributed by atoms with van der Waals surface area (Å²) in [5.41, 5.74) is 2.21. The molecule has 3 unspecified atom stereocenters. The summed E-state index contributed by atoms with van der Waals surface area (Å²) >= 11 is -1.40. The van der Waals surface area contributed by atoms with E-state index in [4.69, 9.17) is 9.94 Å². The summed E-state index contributed by atoms with van der Waals surface area (Å²) in [6.07, 6.45) is 0. The Hall–Kier alpha value is -2.18. The summed E-state index contributed by atoms with van der Waals surface area (Å²) in [4.78, 5) is 12.0. The fraction of sp³-hybridized carbons (Fsp3) is 0.316. The number of carbonyl (C=O) groups excluding carboxylic acids is 1. The first-order valence-corrected chi connectivity index (χ1v) is 11.9. The lowest BCUT2D eigenvalue weighted by atomic mass is 10.2. The number of hydroxylamine groups is 1. The molecule has 1 amide bonds. The zero-order chi connectivity index (χ0) is 21.9. The third kappa shape index (κ3) is 4.76. The molecule has 0 radical (unpaired) electrons. The minimum absolute atomic E-state index is 0.0627. The van der Waals surface area contributed by atoms with Crippen LogP contribution < -0.4 is 10.2 Å². The number of hydrogen-bond donors (Lipinski definition) is 2. The standard InChI is InChI=1S/C19H21FN2O6S2/c1-13-18(19(23)21-24)22(10-11-29(13)25)30(26,27)17-8-6-16(7-9-17)28-12-14-2-4-15(20)5-3-14/h2-9,13,18,24H,10-12H2,1H3,(H,21,23). The molecule has 0 bridgehead atoms. The largest absolute Gasteiger partial charge is 0.616 e. The van der Waals surface area contributed by atoms with Crippen molar-refractivity contribution in [2.24, 2.45) is 0 Å². The Kier molecular flexibility index (Phi) is 6.98. The summed E-state index contributed by atoms with van der Waals surface area (Å²) in [7, 11) is -4.08. The van der Waals surface area contributed by atoms with Gasteiger partial charge in [-0.25, -0.2) is 18.3 Å².